The van der Waals surface area contributed by atoms with Crippen molar-refractivity contribution >= 4 is 12.2 Å². The third-order valence-corrected chi connectivity index (χ3v) is 1.25. The van der Waals surface area contributed by atoms with Gasteiger partial charge in [0, 0.05) is 13.2 Å². The van der Waals surface area contributed by atoms with Crippen molar-refractivity contribution in [1.29, 1.82) is 0 Å². The van der Waals surface area contributed by atoms with Gasteiger partial charge in [-0.1, -0.05) is 0 Å². The second-order valence-electron chi connectivity index (χ2n) is 2.27. The van der Waals surface area contributed by atoms with Crippen LogP contribution in [0.3, 0.4) is 0 Å². The highest BCUT2D eigenvalue weighted by molar-refractivity contribution is 5.32. The van der Waals surface area contributed by atoms with Crippen molar-refractivity contribution in [3.05, 3.63) is 0 Å². The van der Waals surface area contributed by atoms with Gasteiger partial charge in [-0.05, 0) is 12.8 Å². The first-order valence-electron chi connectivity index (χ1n) is 4.07. The summed E-state index contributed by atoms with van der Waals surface area (Å²) in [5.41, 5.74) is 0. The summed E-state index contributed by atoms with van der Waals surface area (Å²) in [5, 5.41) is 0. The first-order valence-corrected chi connectivity index (χ1v) is 4.07. The van der Waals surface area contributed by atoms with E-state index in [-0.39, 0.29) is 0 Å². The van der Waals surface area contributed by atoms with Crippen molar-refractivity contribution < 1.29 is 14.3 Å². The van der Waals surface area contributed by atoms with Gasteiger partial charge in [0.2, 0.25) is 12.2 Å². The number of hydrogen-bond acceptors (Lipinski definition) is 5. The van der Waals surface area contributed by atoms with Gasteiger partial charge in [0.15, 0.2) is 0 Å². The Hall–Kier alpha value is -1.28. The predicted molar refractivity (Wildman–Crippen MR) is 46.0 cm³/mol. The number of aliphatic imine (C=N–C) groups is 2. The third-order valence-electron chi connectivity index (χ3n) is 1.25. The second-order valence-corrected chi connectivity index (χ2v) is 2.27. The lowest BCUT2D eigenvalue weighted by Crippen LogP contribution is -1.99. The van der Waals surface area contributed by atoms with E-state index in [9.17, 15) is 9.59 Å². The second kappa shape index (κ2) is 10.7. The highest BCUT2D eigenvalue weighted by Crippen LogP contribution is 1.87. The van der Waals surface area contributed by atoms with Gasteiger partial charge in [-0.2, -0.15) is 0 Å². The molecule has 0 aliphatic carbocycles. The van der Waals surface area contributed by atoms with Crippen LogP contribution in [0.1, 0.15) is 12.8 Å². The van der Waals surface area contributed by atoms with E-state index < -0.39 is 0 Å². The summed E-state index contributed by atoms with van der Waals surface area (Å²) < 4.78 is 5.15. The van der Waals surface area contributed by atoms with Gasteiger partial charge in [-0.3, -0.25) is 0 Å². The van der Waals surface area contributed by atoms with Crippen molar-refractivity contribution in [3.8, 4) is 0 Å². The molecule has 0 radical (unpaired) electrons. The summed E-state index contributed by atoms with van der Waals surface area (Å²) in [6, 6.07) is 0. The molecule has 0 atom stereocenters. The van der Waals surface area contributed by atoms with Crippen LogP contribution in [0, 0.1) is 0 Å². The highest BCUT2D eigenvalue weighted by Gasteiger charge is 1.88. The summed E-state index contributed by atoms with van der Waals surface area (Å²) in [6.07, 6.45) is 4.32. The minimum Gasteiger partial charge on any atom is -0.381 e. The Labute approximate surface area is 76.5 Å². The van der Waals surface area contributed by atoms with Gasteiger partial charge < -0.3 is 4.74 Å². The van der Waals surface area contributed by atoms with Gasteiger partial charge in [0.25, 0.3) is 0 Å². The van der Waals surface area contributed by atoms with Crippen LogP contribution < -0.4 is 0 Å². The van der Waals surface area contributed by atoms with Crippen LogP contribution >= 0.6 is 0 Å². The average molecular weight is 184 g/mol. The average Bonchev–Trinajstić information content (AvgIpc) is 2.16. The van der Waals surface area contributed by atoms with Crippen LogP contribution in [0.25, 0.3) is 0 Å². The van der Waals surface area contributed by atoms with Gasteiger partial charge >= 0.3 is 0 Å². The van der Waals surface area contributed by atoms with Crippen molar-refractivity contribution in [2.24, 2.45) is 9.98 Å². The van der Waals surface area contributed by atoms with E-state index in [1.165, 1.54) is 12.2 Å². The normalized spacial score (nSPS) is 8.62. The molecule has 0 N–H and O–H groups in total. The summed E-state index contributed by atoms with van der Waals surface area (Å²) >= 11 is 0. The van der Waals surface area contributed by atoms with Crippen LogP contribution in [0.4, 0.5) is 0 Å². The molecule has 72 valence electrons. The van der Waals surface area contributed by atoms with E-state index in [1.807, 2.05) is 0 Å². The molecule has 0 amide bonds. The molecule has 0 aromatic heterocycles. The molecular formula is C8H12N2O3. The minimum absolute atomic E-state index is 0.454. The molecule has 5 heteroatoms. The molecule has 0 saturated heterocycles. The van der Waals surface area contributed by atoms with Crippen LogP contribution in [0.5, 0.6) is 0 Å². The van der Waals surface area contributed by atoms with Gasteiger partial charge in [0.1, 0.15) is 0 Å². The molecule has 0 aliphatic rings. The van der Waals surface area contributed by atoms with Gasteiger partial charge in [-0.25, -0.2) is 19.6 Å². The molecule has 0 bridgehead atoms. The fourth-order valence-corrected chi connectivity index (χ4v) is 0.685. The fraction of sp³-hybridized carbons (Fsp3) is 0.750. The van der Waals surface area contributed by atoms with Crippen molar-refractivity contribution in [2.75, 3.05) is 26.3 Å². The lowest BCUT2D eigenvalue weighted by molar-refractivity contribution is 0.132. The molecular weight excluding hydrogens is 172 g/mol. The Morgan fingerprint density at radius 1 is 0.923 bits per heavy atom. The van der Waals surface area contributed by atoms with E-state index in [0.717, 1.165) is 0 Å². The fourth-order valence-electron chi connectivity index (χ4n) is 0.685. The molecule has 0 fully saturated rings. The van der Waals surface area contributed by atoms with Crippen LogP contribution in [0.15, 0.2) is 9.98 Å². The largest absolute Gasteiger partial charge is 0.381 e. The molecule has 0 saturated carbocycles. The van der Waals surface area contributed by atoms with Gasteiger partial charge in [0.05, 0.1) is 13.1 Å². The zero-order chi connectivity index (χ0) is 9.78. The number of isocyanates is 2. The molecule has 0 unspecified atom stereocenters. The number of nitrogens with zero attached hydrogens (tertiary/aromatic N) is 2. The lowest BCUT2D eigenvalue weighted by atomic mass is 10.4. The first-order chi connectivity index (χ1) is 6.41. The van der Waals surface area contributed by atoms with E-state index in [1.54, 1.807) is 0 Å². The SMILES string of the molecule is O=C=NCCCOCCCN=C=O. The number of hydrogen-bond donors (Lipinski definition) is 0. The van der Waals surface area contributed by atoms with E-state index in [4.69, 9.17) is 4.74 Å². The smallest absolute Gasteiger partial charge is 0.234 e. The lowest BCUT2D eigenvalue weighted by Gasteiger charge is -1.99. The molecule has 0 aromatic carbocycles. The van der Waals surface area contributed by atoms with E-state index in [0.29, 0.717) is 39.1 Å². The standard InChI is InChI=1S/C8H12N2O3/c11-7-9-3-1-5-13-6-2-4-10-8-12/h1-6H2. The summed E-state index contributed by atoms with van der Waals surface area (Å²) in [7, 11) is 0. The highest BCUT2D eigenvalue weighted by atomic mass is 16.5. The Morgan fingerprint density at radius 3 is 1.77 bits per heavy atom. The van der Waals surface area contributed by atoms with Crippen molar-refractivity contribution in [2.45, 2.75) is 12.8 Å². The molecule has 0 rings (SSSR count). The van der Waals surface area contributed by atoms with Crippen LogP contribution in [-0.4, -0.2) is 38.5 Å². The number of rotatable bonds is 8. The first kappa shape index (κ1) is 11.7. The quantitative estimate of drug-likeness (QED) is 0.312. The van der Waals surface area contributed by atoms with Crippen molar-refractivity contribution in [3.63, 3.8) is 0 Å². The zero-order valence-electron chi connectivity index (χ0n) is 7.36. The summed E-state index contributed by atoms with van der Waals surface area (Å²) in [6.45, 7) is 2.04. The Bertz CT molecular complexity index is 183. The summed E-state index contributed by atoms with van der Waals surface area (Å²) in [5.74, 6) is 0. The monoisotopic (exact) mass is 184 g/mol. The molecule has 0 spiro atoms. The van der Waals surface area contributed by atoms with E-state index in [2.05, 4.69) is 9.98 Å². The molecule has 0 aromatic rings. The Morgan fingerprint density at radius 2 is 1.38 bits per heavy atom. The zero-order valence-corrected chi connectivity index (χ0v) is 7.36. The Kier molecular flexibility index (Phi) is 9.66. The Balaban J connectivity index is 2.99. The van der Waals surface area contributed by atoms with Crippen LogP contribution in [0.2, 0.25) is 0 Å². The maximum absolute atomic E-state index is 9.63. The number of carbonyl (C=O) groups excluding carboxylic acids is 2. The molecule has 13 heavy (non-hydrogen) atoms. The van der Waals surface area contributed by atoms with Crippen LogP contribution in [-0.2, 0) is 14.3 Å². The minimum atomic E-state index is 0.454. The molecule has 0 heterocycles. The third kappa shape index (κ3) is 10.7. The molecule has 5 nitrogen and oxygen atoms in total. The van der Waals surface area contributed by atoms with Gasteiger partial charge in [-0.15, -0.1) is 0 Å². The summed E-state index contributed by atoms with van der Waals surface area (Å²) in [4.78, 5) is 26.0. The van der Waals surface area contributed by atoms with Crippen molar-refractivity contribution in [1.82, 2.24) is 0 Å². The maximum atomic E-state index is 9.63. The van der Waals surface area contributed by atoms with E-state index >= 15 is 0 Å². The topological polar surface area (TPSA) is 68.1 Å². The maximum Gasteiger partial charge on any atom is 0.234 e. The number of ether oxygens (including phenoxy) is 1. The predicted octanol–water partition coefficient (Wildman–Crippen LogP) is 0.455. The molecule has 0 aliphatic heterocycles.